The lowest BCUT2D eigenvalue weighted by atomic mass is 10.1. The second kappa shape index (κ2) is 6.64. The number of carbonyl (C=O) groups excluding carboxylic acids is 1. The van der Waals surface area contributed by atoms with Crippen molar-refractivity contribution < 1.29 is 19.7 Å². The van der Waals surface area contributed by atoms with Gasteiger partial charge in [-0.25, -0.2) is 0 Å². The minimum Gasteiger partial charge on any atom is -0.507 e. The summed E-state index contributed by atoms with van der Waals surface area (Å²) in [5.41, 5.74) is 0.307. The van der Waals surface area contributed by atoms with Crippen molar-refractivity contribution >= 4 is 5.91 Å². The van der Waals surface area contributed by atoms with Crippen LogP contribution in [0, 0.1) is 0 Å². The molecule has 120 valence electrons. The Hall–Kier alpha value is -1.63. The van der Waals surface area contributed by atoms with Crippen molar-refractivity contribution in [2.75, 3.05) is 26.3 Å². The van der Waals surface area contributed by atoms with Crippen LogP contribution in [0.2, 0.25) is 0 Å². The molecule has 22 heavy (non-hydrogen) atoms. The summed E-state index contributed by atoms with van der Waals surface area (Å²) in [6, 6.07) is 6.95. The molecule has 0 aromatic heterocycles. The van der Waals surface area contributed by atoms with E-state index in [0.29, 0.717) is 24.6 Å². The Balaban J connectivity index is 1.57. The van der Waals surface area contributed by atoms with Gasteiger partial charge in [0.2, 0.25) is 0 Å². The second-order valence-electron chi connectivity index (χ2n) is 6.00. The first-order valence-electron chi connectivity index (χ1n) is 7.72. The number of rotatable bonds is 4. The Labute approximate surface area is 129 Å². The topological polar surface area (TPSA) is 82.0 Å². The molecule has 6 nitrogen and oxygen atoms in total. The molecule has 1 aromatic carbocycles. The lowest BCUT2D eigenvalue weighted by Gasteiger charge is -2.34. The summed E-state index contributed by atoms with van der Waals surface area (Å²) in [5, 5.41) is 21.7. The summed E-state index contributed by atoms with van der Waals surface area (Å²) >= 11 is 0. The molecule has 2 heterocycles. The SMILES string of the molecule is O=C(N[C@H]1C[C@H]2CO[C@@H](CCO)CN2C1)c1ccccc1O. The number of phenolic OH excluding ortho intramolecular Hbond substituents is 1. The maximum absolute atomic E-state index is 12.2. The summed E-state index contributed by atoms with van der Waals surface area (Å²) in [6.45, 7) is 2.37. The Bertz CT molecular complexity index is 537. The van der Waals surface area contributed by atoms with Crippen LogP contribution in [0.5, 0.6) is 5.75 Å². The number of nitrogens with one attached hydrogen (secondary N) is 1. The van der Waals surface area contributed by atoms with Crippen molar-refractivity contribution in [3.8, 4) is 5.75 Å². The molecule has 6 heteroatoms. The molecule has 0 aliphatic carbocycles. The molecule has 3 atom stereocenters. The molecule has 3 N–H and O–H groups in total. The number of aromatic hydroxyl groups is 1. The van der Waals surface area contributed by atoms with E-state index in [9.17, 15) is 9.90 Å². The summed E-state index contributed by atoms with van der Waals surface area (Å²) in [6.07, 6.45) is 1.58. The third-order valence-electron chi connectivity index (χ3n) is 4.43. The van der Waals surface area contributed by atoms with Crippen LogP contribution >= 0.6 is 0 Å². The number of aliphatic hydroxyl groups excluding tert-OH is 1. The zero-order chi connectivity index (χ0) is 15.5. The average Bonchev–Trinajstić information content (AvgIpc) is 2.89. The molecular weight excluding hydrogens is 284 g/mol. The highest BCUT2D eigenvalue weighted by molar-refractivity contribution is 5.96. The quantitative estimate of drug-likeness (QED) is 0.747. The number of carbonyl (C=O) groups is 1. The van der Waals surface area contributed by atoms with Gasteiger partial charge in [0.15, 0.2) is 0 Å². The van der Waals surface area contributed by atoms with Gasteiger partial charge in [0, 0.05) is 31.8 Å². The van der Waals surface area contributed by atoms with Gasteiger partial charge in [-0.1, -0.05) is 12.1 Å². The number of fused-ring (bicyclic) bond motifs is 1. The molecule has 0 spiro atoms. The van der Waals surface area contributed by atoms with Crippen LogP contribution in [-0.4, -0.2) is 65.5 Å². The summed E-state index contributed by atoms with van der Waals surface area (Å²) in [5.74, 6) is -0.238. The lowest BCUT2D eigenvalue weighted by Crippen LogP contribution is -2.46. The van der Waals surface area contributed by atoms with E-state index in [1.165, 1.54) is 6.07 Å². The standard InChI is InChI=1S/C16H22N2O4/c19-6-5-13-9-18-8-11(7-12(18)10-22-13)17-16(21)14-3-1-2-4-15(14)20/h1-4,11-13,19-20H,5-10H2,(H,17,21)/t11-,12-,13-/m0/s1. The monoisotopic (exact) mass is 306 g/mol. The Morgan fingerprint density at radius 1 is 1.36 bits per heavy atom. The molecule has 0 bridgehead atoms. The number of para-hydroxylation sites is 1. The molecule has 0 unspecified atom stereocenters. The Morgan fingerprint density at radius 2 is 2.18 bits per heavy atom. The number of morpholine rings is 1. The maximum atomic E-state index is 12.2. The minimum absolute atomic E-state index is 0.00191. The van der Waals surface area contributed by atoms with Gasteiger partial charge in [0.1, 0.15) is 5.75 Å². The fourth-order valence-corrected chi connectivity index (χ4v) is 3.29. The second-order valence-corrected chi connectivity index (χ2v) is 6.00. The fourth-order valence-electron chi connectivity index (χ4n) is 3.29. The highest BCUT2D eigenvalue weighted by Gasteiger charge is 2.37. The molecule has 0 saturated carbocycles. The molecular formula is C16H22N2O4. The average molecular weight is 306 g/mol. The first kappa shape index (κ1) is 15.3. The van der Waals surface area contributed by atoms with E-state index < -0.39 is 0 Å². The van der Waals surface area contributed by atoms with Crippen LogP contribution < -0.4 is 5.32 Å². The molecule has 3 rings (SSSR count). The lowest BCUT2D eigenvalue weighted by molar-refractivity contribution is -0.0566. The maximum Gasteiger partial charge on any atom is 0.255 e. The van der Waals surface area contributed by atoms with Gasteiger partial charge in [0.05, 0.1) is 18.3 Å². The third-order valence-corrected chi connectivity index (χ3v) is 4.43. The van der Waals surface area contributed by atoms with Crippen LogP contribution in [-0.2, 0) is 4.74 Å². The first-order valence-corrected chi connectivity index (χ1v) is 7.72. The number of hydrogen-bond acceptors (Lipinski definition) is 5. The number of ether oxygens (including phenoxy) is 1. The van der Waals surface area contributed by atoms with Gasteiger partial charge in [0.25, 0.3) is 5.91 Å². The number of benzene rings is 1. The normalized spacial score (nSPS) is 28.3. The smallest absolute Gasteiger partial charge is 0.255 e. The summed E-state index contributed by atoms with van der Waals surface area (Å²) in [4.78, 5) is 14.6. The van der Waals surface area contributed by atoms with E-state index in [0.717, 1.165) is 19.5 Å². The number of phenols is 1. The van der Waals surface area contributed by atoms with E-state index in [1.54, 1.807) is 18.2 Å². The number of nitrogens with zero attached hydrogens (tertiary/aromatic N) is 1. The molecule has 2 aliphatic heterocycles. The zero-order valence-electron chi connectivity index (χ0n) is 12.4. The van der Waals surface area contributed by atoms with Gasteiger partial charge < -0.3 is 20.3 Å². The highest BCUT2D eigenvalue weighted by Crippen LogP contribution is 2.25. The van der Waals surface area contributed by atoms with Gasteiger partial charge in [-0.3, -0.25) is 9.69 Å². The van der Waals surface area contributed by atoms with Crippen LogP contribution in [0.4, 0.5) is 0 Å². The summed E-state index contributed by atoms with van der Waals surface area (Å²) in [7, 11) is 0. The van der Waals surface area contributed by atoms with Crippen LogP contribution in [0.25, 0.3) is 0 Å². The predicted molar refractivity (Wildman–Crippen MR) is 80.8 cm³/mol. The van der Waals surface area contributed by atoms with Gasteiger partial charge >= 0.3 is 0 Å². The molecule has 0 radical (unpaired) electrons. The molecule has 2 aliphatic rings. The van der Waals surface area contributed by atoms with Crippen LogP contribution in [0.3, 0.4) is 0 Å². The van der Waals surface area contributed by atoms with Crippen LogP contribution in [0.1, 0.15) is 23.2 Å². The van der Waals surface area contributed by atoms with Crippen molar-refractivity contribution in [1.29, 1.82) is 0 Å². The predicted octanol–water partition coefficient (Wildman–Crippen LogP) is 0.346. The fraction of sp³-hybridized carbons (Fsp3) is 0.562. The van der Waals surface area contributed by atoms with Gasteiger partial charge in [-0.2, -0.15) is 0 Å². The van der Waals surface area contributed by atoms with E-state index >= 15 is 0 Å². The van der Waals surface area contributed by atoms with E-state index in [-0.39, 0.29) is 30.4 Å². The highest BCUT2D eigenvalue weighted by atomic mass is 16.5. The van der Waals surface area contributed by atoms with E-state index in [2.05, 4.69) is 10.2 Å². The largest absolute Gasteiger partial charge is 0.507 e. The zero-order valence-corrected chi connectivity index (χ0v) is 12.4. The van der Waals surface area contributed by atoms with Crippen molar-refractivity contribution in [3.63, 3.8) is 0 Å². The van der Waals surface area contributed by atoms with Crippen molar-refractivity contribution in [2.24, 2.45) is 0 Å². The van der Waals surface area contributed by atoms with E-state index in [4.69, 9.17) is 9.84 Å². The third kappa shape index (κ3) is 3.24. The van der Waals surface area contributed by atoms with Gasteiger partial charge in [-0.15, -0.1) is 0 Å². The van der Waals surface area contributed by atoms with Crippen LogP contribution in [0.15, 0.2) is 24.3 Å². The van der Waals surface area contributed by atoms with Crippen molar-refractivity contribution in [1.82, 2.24) is 10.2 Å². The summed E-state index contributed by atoms with van der Waals surface area (Å²) < 4.78 is 5.73. The first-order chi connectivity index (χ1) is 10.7. The number of amides is 1. The Morgan fingerprint density at radius 3 is 2.95 bits per heavy atom. The molecule has 1 aromatic rings. The van der Waals surface area contributed by atoms with Crippen molar-refractivity contribution in [3.05, 3.63) is 29.8 Å². The van der Waals surface area contributed by atoms with Crippen molar-refractivity contribution in [2.45, 2.75) is 31.0 Å². The van der Waals surface area contributed by atoms with E-state index in [1.807, 2.05) is 0 Å². The van der Waals surface area contributed by atoms with Gasteiger partial charge in [-0.05, 0) is 25.0 Å². The number of hydrogen-bond donors (Lipinski definition) is 3. The number of aliphatic hydroxyl groups is 1. The molecule has 2 fully saturated rings. The molecule has 1 amide bonds. The molecule has 2 saturated heterocycles. The minimum atomic E-state index is -0.240. The Kier molecular flexibility index (Phi) is 4.61.